The van der Waals surface area contributed by atoms with Gasteiger partial charge < -0.3 is 15.4 Å². The van der Waals surface area contributed by atoms with Crippen molar-refractivity contribution in [2.75, 3.05) is 17.2 Å². The number of pyridine rings is 1. The molecule has 0 bridgehead atoms. The van der Waals surface area contributed by atoms with Gasteiger partial charge in [0.2, 0.25) is 5.91 Å². The third kappa shape index (κ3) is 5.42. The smallest absolute Gasteiger partial charge is 0.339 e. The number of amides is 2. The highest BCUT2D eigenvalue weighted by Crippen LogP contribution is 2.25. The van der Waals surface area contributed by atoms with Gasteiger partial charge in [-0.1, -0.05) is 18.2 Å². The number of carbonyl (C=O) groups is 3. The number of hydrogen-bond donors (Lipinski definition) is 2. The largest absolute Gasteiger partial charge is 0.452 e. The van der Waals surface area contributed by atoms with Crippen LogP contribution in [0.2, 0.25) is 0 Å². The summed E-state index contributed by atoms with van der Waals surface area (Å²) in [6.07, 6.45) is 0. The van der Waals surface area contributed by atoms with Crippen molar-refractivity contribution in [1.82, 2.24) is 4.98 Å². The van der Waals surface area contributed by atoms with Crippen molar-refractivity contribution in [3.05, 3.63) is 90.2 Å². The lowest BCUT2D eigenvalue weighted by atomic mass is 10.0. The third-order valence-electron chi connectivity index (χ3n) is 4.90. The van der Waals surface area contributed by atoms with E-state index >= 15 is 0 Å². The number of halogens is 1. The number of aromatic nitrogens is 1. The first-order valence-corrected chi connectivity index (χ1v) is 10.4. The number of nitrogens with zero attached hydrogens (tertiary/aromatic N) is 1. The number of carbonyl (C=O) groups excluding carboxylic acids is 3. The number of esters is 1. The summed E-state index contributed by atoms with van der Waals surface area (Å²) in [6, 6.07) is 20.9. The van der Waals surface area contributed by atoms with Crippen LogP contribution in [0, 0.1) is 5.82 Å². The number of ether oxygens (including phenoxy) is 1. The van der Waals surface area contributed by atoms with Crippen LogP contribution in [0.25, 0.3) is 22.2 Å². The van der Waals surface area contributed by atoms with Gasteiger partial charge in [-0.05, 0) is 60.7 Å². The maximum atomic E-state index is 13.3. The van der Waals surface area contributed by atoms with Crippen molar-refractivity contribution >= 4 is 40.1 Å². The molecule has 0 aliphatic rings. The van der Waals surface area contributed by atoms with E-state index in [2.05, 4.69) is 15.6 Å². The molecule has 4 rings (SSSR count). The minimum atomic E-state index is -0.682. The fourth-order valence-electron chi connectivity index (χ4n) is 3.36. The zero-order valence-corrected chi connectivity index (χ0v) is 18.2. The first kappa shape index (κ1) is 22.6. The molecule has 0 saturated carbocycles. The molecule has 0 spiro atoms. The first-order valence-electron chi connectivity index (χ1n) is 10.4. The van der Waals surface area contributed by atoms with Gasteiger partial charge in [0.25, 0.3) is 5.91 Å². The molecule has 0 saturated heterocycles. The Bertz CT molecular complexity index is 1370. The Morgan fingerprint density at radius 1 is 0.882 bits per heavy atom. The van der Waals surface area contributed by atoms with Gasteiger partial charge in [0, 0.05) is 29.2 Å². The van der Waals surface area contributed by atoms with E-state index in [0.717, 1.165) is 0 Å². The second-order valence-corrected chi connectivity index (χ2v) is 7.46. The molecule has 3 aromatic carbocycles. The van der Waals surface area contributed by atoms with E-state index in [-0.39, 0.29) is 17.3 Å². The maximum absolute atomic E-state index is 13.3. The van der Waals surface area contributed by atoms with E-state index in [4.69, 9.17) is 4.74 Å². The van der Waals surface area contributed by atoms with Crippen molar-refractivity contribution in [2.24, 2.45) is 0 Å². The van der Waals surface area contributed by atoms with Crippen LogP contribution >= 0.6 is 0 Å². The zero-order chi connectivity index (χ0) is 24.1. The first-order chi connectivity index (χ1) is 16.4. The van der Waals surface area contributed by atoms with Crippen molar-refractivity contribution < 1.29 is 23.5 Å². The number of rotatable bonds is 6. The normalized spacial score (nSPS) is 10.5. The Hall–Kier alpha value is -4.59. The molecule has 0 unspecified atom stereocenters. The molecule has 2 N–H and O–H groups in total. The Labute approximate surface area is 194 Å². The lowest BCUT2D eigenvalue weighted by Crippen LogP contribution is -2.21. The molecule has 1 heterocycles. The molecule has 0 aliphatic carbocycles. The van der Waals surface area contributed by atoms with E-state index in [1.165, 1.54) is 19.1 Å². The lowest BCUT2D eigenvalue weighted by molar-refractivity contribution is -0.119. The molecule has 0 radical (unpaired) electrons. The number of benzene rings is 3. The summed E-state index contributed by atoms with van der Waals surface area (Å²) in [5.74, 6) is -1.77. The average Bonchev–Trinajstić information content (AvgIpc) is 2.83. The van der Waals surface area contributed by atoms with Gasteiger partial charge in [-0.15, -0.1) is 0 Å². The van der Waals surface area contributed by atoms with Gasteiger partial charge in [0.1, 0.15) is 5.82 Å². The zero-order valence-electron chi connectivity index (χ0n) is 18.2. The van der Waals surface area contributed by atoms with Gasteiger partial charge in [-0.25, -0.2) is 14.2 Å². The van der Waals surface area contributed by atoms with E-state index in [0.29, 0.717) is 33.5 Å². The lowest BCUT2D eigenvalue weighted by Gasteiger charge is -2.11. The minimum absolute atomic E-state index is 0.199. The van der Waals surface area contributed by atoms with Crippen LogP contribution in [0.15, 0.2) is 78.9 Å². The molecule has 7 nitrogen and oxygen atoms in total. The fourth-order valence-corrected chi connectivity index (χ4v) is 3.36. The highest BCUT2D eigenvalue weighted by molar-refractivity contribution is 6.05. The molecule has 2 amide bonds. The van der Waals surface area contributed by atoms with E-state index in [9.17, 15) is 18.8 Å². The summed E-state index contributed by atoms with van der Waals surface area (Å²) in [6.45, 7) is 0.910. The average molecular weight is 457 g/mol. The van der Waals surface area contributed by atoms with Gasteiger partial charge in [0.05, 0.1) is 16.8 Å². The highest BCUT2D eigenvalue weighted by Gasteiger charge is 2.17. The number of para-hydroxylation sites is 1. The SMILES string of the molecule is CC(=O)Nc1ccc(NC(=O)COC(=O)c2cc(-c3ccc(F)cc3)nc3ccccc23)cc1. The number of nitrogens with one attached hydrogen (secondary N) is 2. The quantitative estimate of drug-likeness (QED) is 0.406. The summed E-state index contributed by atoms with van der Waals surface area (Å²) in [7, 11) is 0. The summed E-state index contributed by atoms with van der Waals surface area (Å²) >= 11 is 0. The molecule has 8 heteroatoms. The molecule has 170 valence electrons. The van der Waals surface area contributed by atoms with Crippen LogP contribution in [-0.2, 0) is 14.3 Å². The van der Waals surface area contributed by atoms with Crippen LogP contribution in [0.4, 0.5) is 15.8 Å². The van der Waals surface area contributed by atoms with Crippen molar-refractivity contribution in [2.45, 2.75) is 6.92 Å². The third-order valence-corrected chi connectivity index (χ3v) is 4.90. The monoisotopic (exact) mass is 457 g/mol. The summed E-state index contributed by atoms with van der Waals surface area (Å²) in [5, 5.41) is 5.84. The summed E-state index contributed by atoms with van der Waals surface area (Å²) in [5.41, 5.74) is 3.02. The maximum Gasteiger partial charge on any atom is 0.339 e. The molecule has 4 aromatic rings. The Morgan fingerprint density at radius 2 is 1.53 bits per heavy atom. The Morgan fingerprint density at radius 3 is 2.21 bits per heavy atom. The number of fused-ring (bicyclic) bond motifs is 1. The van der Waals surface area contributed by atoms with Gasteiger partial charge >= 0.3 is 5.97 Å². The Kier molecular flexibility index (Phi) is 6.59. The van der Waals surface area contributed by atoms with E-state index in [1.54, 1.807) is 66.7 Å². The van der Waals surface area contributed by atoms with E-state index < -0.39 is 18.5 Å². The van der Waals surface area contributed by atoms with Crippen LogP contribution in [0.1, 0.15) is 17.3 Å². The number of hydrogen-bond acceptors (Lipinski definition) is 5. The van der Waals surface area contributed by atoms with Crippen molar-refractivity contribution in [1.29, 1.82) is 0 Å². The summed E-state index contributed by atoms with van der Waals surface area (Å²) < 4.78 is 18.6. The predicted octanol–water partition coefficient (Wildman–Crippen LogP) is 4.79. The van der Waals surface area contributed by atoms with Crippen LogP contribution < -0.4 is 10.6 Å². The van der Waals surface area contributed by atoms with Crippen molar-refractivity contribution in [3.8, 4) is 11.3 Å². The molecule has 0 atom stereocenters. The summed E-state index contributed by atoms with van der Waals surface area (Å²) in [4.78, 5) is 40.8. The highest BCUT2D eigenvalue weighted by atomic mass is 19.1. The topological polar surface area (TPSA) is 97.4 Å². The van der Waals surface area contributed by atoms with Gasteiger partial charge in [0.15, 0.2) is 6.61 Å². The predicted molar refractivity (Wildman–Crippen MR) is 127 cm³/mol. The molecule has 1 aromatic heterocycles. The number of anilines is 2. The molecular formula is C26H20FN3O4. The minimum Gasteiger partial charge on any atom is -0.452 e. The molecular weight excluding hydrogens is 437 g/mol. The standard InChI is InChI=1S/C26H20FN3O4/c1-16(31)28-19-10-12-20(13-11-19)29-25(32)15-34-26(33)22-14-24(17-6-8-18(27)9-7-17)30-23-5-3-2-4-21(22)23/h2-14H,15H2,1H3,(H,28,31)(H,29,32). The molecule has 0 fully saturated rings. The van der Waals surface area contributed by atoms with Gasteiger partial charge in [-0.3, -0.25) is 9.59 Å². The Balaban J connectivity index is 1.48. The second-order valence-electron chi connectivity index (χ2n) is 7.46. The van der Waals surface area contributed by atoms with Crippen LogP contribution in [0.5, 0.6) is 0 Å². The van der Waals surface area contributed by atoms with Crippen LogP contribution in [0.3, 0.4) is 0 Å². The molecule has 0 aliphatic heterocycles. The molecule has 34 heavy (non-hydrogen) atoms. The fraction of sp³-hybridized carbons (Fsp3) is 0.0769. The second kappa shape index (κ2) is 9.91. The van der Waals surface area contributed by atoms with Crippen LogP contribution in [-0.4, -0.2) is 29.4 Å². The van der Waals surface area contributed by atoms with E-state index in [1.807, 2.05) is 0 Å². The van der Waals surface area contributed by atoms with Crippen molar-refractivity contribution in [3.63, 3.8) is 0 Å². The van der Waals surface area contributed by atoms with Gasteiger partial charge in [-0.2, -0.15) is 0 Å².